The van der Waals surface area contributed by atoms with E-state index in [1.807, 2.05) is 49.4 Å². The van der Waals surface area contributed by atoms with E-state index in [1.54, 1.807) is 0 Å². The zero-order chi connectivity index (χ0) is 15.0. The Labute approximate surface area is 139 Å². The topological polar surface area (TPSA) is 51.2 Å². The predicted molar refractivity (Wildman–Crippen MR) is 92.0 cm³/mol. The first-order chi connectivity index (χ1) is 10.1. The molecule has 1 atom stereocenters. The van der Waals surface area contributed by atoms with Gasteiger partial charge in [0.15, 0.2) is 0 Å². The van der Waals surface area contributed by atoms with Crippen LogP contribution in [0.25, 0.3) is 11.0 Å². The molecule has 3 N–H and O–H groups in total. The van der Waals surface area contributed by atoms with Gasteiger partial charge in [-0.15, -0.1) is 0 Å². The average molecular weight is 410 g/mol. The molecule has 0 spiro atoms. The lowest BCUT2D eigenvalue weighted by Crippen LogP contribution is -2.28. The summed E-state index contributed by atoms with van der Waals surface area (Å²) in [5.41, 5.74) is 5.88. The Morgan fingerprint density at radius 2 is 1.81 bits per heavy atom. The van der Waals surface area contributed by atoms with E-state index >= 15 is 0 Å². The van der Waals surface area contributed by atoms with Gasteiger partial charge in [0.2, 0.25) is 0 Å². The van der Waals surface area contributed by atoms with E-state index in [0.717, 1.165) is 36.8 Å². The largest absolute Gasteiger partial charge is 0.459 e. The van der Waals surface area contributed by atoms with Crippen LogP contribution in [0.5, 0.6) is 0 Å². The molecule has 1 aromatic heterocycles. The normalized spacial score (nSPS) is 12.8. The Balaban J connectivity index is 2.11. The highest BCUT2D eigenvalue weighted by molar-refractivity contribution is 9.11. The molecule has 0 bridgehead atoms. The lowest BCUT2D eigenvalue weighted by atomic mass is 10.0. The number of para-hydroxylation sites is 1. The van der Waals surface area contributed by atoms with Crippen LogP contribution in [-0.2, 0) is 0 Å². The number of furan rings is 1. The van der Waals surface area contributed by atoms with E-state index in [1.165, 1.54) is 0 Å². The monoisotopic (exact) mass is 408 g/mol. The molecule has 3 nitrogen and oxygen atoms in total. The third-order valence-electron chi connectivity index (χ3n) is 3.43. The number of rotatable bonds is 3. The van der Waals surface area contributed by atoms with Crippen molar-refractivity contribution in [1.29, 1.82) is 0 Å². The average Bonchev–Trinajstić information content (AvgIpc) is 2.83. The number of hydrogen-bond donors (Lipinski definition) is 2. The Bertz CT molecular complexity index is 778. The summed E-state index contributed by atoms with van der Waals surface area (Å²) in [7, 11) is 0. The summed E-state index contributed by atoms with van der Waals surface area (Å²) in [6.07, 6.45) is 0. The minimum Gasteiger partial charge on any atom is -0.459 e. The lowest BCUT2D eigenvalue weighted by Gasteiger charge is -2.14. The quantitative estimate of drug-likeness (QED) is 0.481. The van der Waals surface area contributed by atoms with Gasteiger partial charge in [-0.25, -0.2) is 5.43 Å². The van der Waals surface area contributed by atoms with Gasteiger partial charge in [0, 0.05) is 14.3 Å². The SMILES string of the molecule is Cc1cccc2cc(C(NN)c3cc(Br)cc(Br)c3)oc12. The highest BCUT2D eigenvalue weighted by atomic mass is 79.9. The molecule has 0 aliphatic carbocycles. The van der Waals surface area contributed by atoms with Crippen molar-refractivity contribution in [1.82, 2.24) is 5.43 Å². The second-order valence-corrected chi connectivity index (χ2v) is 6.78. The minimum atomic E-state index is -0.203. The predicted octanol–water partition coefficient (Wildman–Crippen LogP) is 4.82. The number of hydrazine groups is 1. The first-order valence-corrected chi connectivity index (χ1v) is 8.08. The molecule has 2 aromatic carbocycles. The van der Waals surface area contributed by atoms with Gasteiger partial charge in [-0.05, 0) is 42.3 Å². The smallest absolute Gasteiger partial charge is 0.137 e. The number of nitrogens with one attached hydrogen (secondary N) is 1. The van der Waals surface area contributed by atoms with Crippen LogP contribution in [0.3, 0.4) is 0 Å². The Morgan fingerprint density at radius 1 is 1.10 bits per heavy atom. The second-order valence-electron chi connectivity index (χ2n) is 4.94. The molecule has 0 fully saturated rings. The maximum atomic E-state index is 6.01. The van der Waals surface area contributed by atoms with Crippen LogP contribution in [0.4, 0.5) is 0 Å². The maximum Gasteiger partial charge on any atom is 0.137 e. The fourth-order valence-electron chi connectivity index (χ4n) is 2.46. The van der Waals surface area contributed by atoms with Gasteiger partial charge in [0.05, 0.1) is 0 Å². The van der Waals surface area contributed by atoms with Gasteiger partial charge in [-0.3, -0.25) is 5.84 Å². The van der Waals surface area contributed by atoms with Crippen molar-refractivity contribution in [3.63, 3.8) is 0 Å². The molecular formula is C16H14Br2N2O. The first-order valence-electron chi connectivity index (χ1n) is 6.49. The third-order valence-corrected chi connectivity index (χ3v) is 4.35. The van der Waals surface area contributed by atoms with Crippen molar-refractivity contribution < 1.29 is 4.42 Å². The minimum absolute atomic E-state index is 0.203. The van der Waals surface area contributed by atoms with Crippen molar-refractivity contribution in [2.75, 3.05) is 0 Å². The summed E-state index contributed by atoms with van der Waals surface area (Å²) in [6, 6.07) is 14.0. The molecule has 1 heterocycles. The third kappa shape index (κ3) is 2.92. The number of nitrogens with two attached hydrogens (primary N) is 1. The summed E-state index contributed by atoms with van der Waals surface area (Å²) in [4.78, 5) is 0. The van der Waals surface area contributed by atoms with Gasteiger partial charge >= 0.3 is 0 Å². The van der Waals surface area contributed by atoms with E-state index in [2.05, 4.69) is 37.3 Å². The van der Waals surface area contributed by atoms with Gasteiger partial charge in [0.25, 0.3) is 0 Å². The molecule has 0 amide bonds. The molecule has 108 valence electrons. The molecule has 0 aliphatic heterocycles. The van der Waals surface area contributed by atoms with Gasteiger partial charge in [-0.1, -0.05) is 50.1 Å². The molecule has 0 saturated heterocycles. The molecule has 3 rings (SSSR count). The summed E-state index contributed by atoms with van der Waals surface area (Å²) < 4.78 is 7.98. The molecular weight excluding hydrogens is 396 g/mol. The number of hydrogen-bond acceptors (Lipinski definition) is 3. The van der Waals surface area contributed by atoms with E-state index in [4.69, 9.17) is 10.3 Å². The number of aryl methyl sites for hydroxylation is 1. The highest BCUT2D eigenvalue weighted by Gasteiger charge is 2.18. The number of fused-ring (bicyclic) bond motifs is 1. The van der Waals surface area contributed by atoms with Crippen LogP contribution in [0.1, 0.15) is 22.9 Å². The molecule has 0 aliphatic rings. The summed E-state index contributed by atoms with van der Waals surface area (Å²) in [6.45, 7) is 2.04. The summed E-state index contributed by atoms with van der Waals surface area (Å²) in [5.74, 6) is 6.55. The first kappa shape index (κ1) is 14.8. The number of halogens is 2. The van der Waals surface area contributed by atoms with Gasteiger partial charge < -0.3 is 4.42 Å². The van der Waals surface area contributed by atoms with Crippen molar-refractivity contribution in [3.05, 3.63) is 68.3 Å². The van der Waals surface area contributed by atoms with Crippen LogP contribution < -0.4 is 11.3 Å². The Kier molecular flexibility index (Phi) is 4.17. The second kappa shape index (κ2) is 5.93. The van der Waals surface area contributed by atoms with Gasteiger partial charge in [0.1, 0.15) is 17.4 Å². The standard InChI is InChI=1S/C16H14Br2N2O/c1-9-3-2-4-10-7-14(21-16(9)10)15(20-19)11-5-12(17)8-13(18)6-11/h2-8,15,20H,19H2,1H3. The van der Waals surface area contributed by atoms with Crippen LogP contribution in [0.2, 0.25) is 0 Å². The Morgan fingerprint density at radius 3 is 2.43 bits per heavy atom. The van der Waals surface area contributed by atoms with Crippen LogP contribution in [0.15, 0.2) is 55.8 Å². The lowest BCUT2D eigenvalue weighted by molar-refractivity contribution is 0.476. The van der Waals surface area contributed by atoms with Crippen LogP contribution in [-0.4, -0.2) is 0 Å². The zero-order valence-electron chi connectivity index (χ0n) is 11.4. The maximum absolute atomic E-state index is 6.01. The van der Waals surface area contributed by atoms with Crippen molar-refractivity contribution in [3.8, 4) is 0 Å². The molecule has 0 saturated carbocycles. The zero-order valence-corrected chi connectivity index (χ0v) is 14.5. The van der Waals surface area contributed by atoms with Gasteiger partial charge in [-0.2, -0.15) is 0 Å². The van der Waals surface area contributed by atoms with E-state index in [0.29, 0.717) is 0 Å². The van der Waals surface area contributed by atoms with Crippen LogP contribution >= 0.6 is 31.9 Å². The Hall–Kier alpha value is -1.14. The fraction of sp³-hybridized carbons (Fsp3) is 0.125. The van der Waals surface area contributed by atoms with E-state index in [-0.39, 0.29) is 6.04 Å². The molecule has 1 unspecified atom stereocenters. The van der Waals surface area contributed by atoms with E-state index in [9.17, 15) is 0 Å². The van der Waals surface area contributed by atoms with Crippen molar-refractivity contribution >= 4 is 42.8 Å². The van der Waals surface area contributed by atoms with Crippen molar-refractivity contribution in [2.45, 2.75) is 13.0 Å². The molecule has 5 heteroatoms. The molecule has 3 aromatic rings. The fourth-order valence-corrected chi connectivity index (χ4v) is 3.78. The molecule has 21 heavy (non-hydrogen) atoms. The molecule has 0 radical (unpaired) electrons. The van der Waals surface area contributed by atoms with E-state index < -0.39 is 0 Å². The summed E-state index contributed by atoms with van der Waals surface area (Å²) in [5, 5.41) is 1.08. The number of benzene rings is 2. The highest BCUT2D eigenvalue weighted by Crippen LogP contribution is 2.32. The summed E-state index contributed by atoms with van der Waals surface area (Å²) >= 11 is 7.00. The van der Waals surface area contributed by atoms with Crippen LogP contribution in [0, 0.1) is 6.92 Å². The van der Waals surface area contributed by atoms with Crippen molar-refractivity contribution in [2.24, 2.45) is 5.84 Å².